The normalized spacial score (nSPS) is 10.1. The van der Waals surface area contributed by atoms with Crippen molar-refractivity contribution in [1.29, 1.82) is 0 Å². The lowest BCUT2D eigenvalue weighted by Crippen LogP contribution is -2.18. The summed E-state index contributed by atoms with van der Waals surface area (Å²) in [6.45, 7) is 0.673. The zero-order valence-corrected chi connectivity index (χ0v) is 11.4. The molecule has 2 rings (SSSR count). The molecule has 1 heterocycles. The van der Waals surface area contributed by atoms with Gasteiger partial charge in [-0.1, -0.05) is 12.1 Å². The highest BCUT2D eigenvalue weighted by atomic mass is 16.5. The molecule has 6 heteroatoms. The number of aromatic nitrogens is 2. The Balaban J connectivity index is 2.07. The molecular weight excluding hydrogens is 256 g/mol. The second-order valence-corrected chi connectivity index (χ2v) is 4.37. The molecule has 1 aromatic heterocycles. The Morgan fingerprint density at radius 1 is 1.20 bits per heavy atom. The van der Waals surface area contributed by atoms with Gasteiger partial charge in [0.05, 0.1) is 7.11 Å². The first-order chi connectivity index (χ1) is 9.60. The fourth-order valence-corrected chi connectivity index (χ4v) is 1.72. The lowest BCUT2D eigenvalue weighted by atomic mass is 10.2. The summed E-state index contributed by atoms with van der Waals surface area (Å²) in [7, 11) is 3.21. The molecule has 0 unspecified atom stereocenters. The van der Waals surface area contributed by atoms with Crippen molar-refractivity contribution in [3.8, 4) is 0 Å². The largest absolute Gasteiger partial charge is 0.464 e. The predicted molar refractivity (Wildman–Crippen MR) is 76.3 cm³/mol. The van der Waals surface area contributed by atoms with Crippen LogP contribution in [0.1, 0.15) is 16.1 Å². The van der Waals surface area contributed by atoms with Gasteiger partial charge >= 0.3 is 5.97 Å². The van der Waals surface area contributed by atoms with E-state index < -0.39 is 5.97 Å². The fraction of sp³-hybridized carbons (Fsp3) is 0.214. The third kappa shape index (κ3) is 3.23. The number of hydrogen-bond donors (Lipinski definition) is 1. The molecule has 0 radical (unpaired) electrons. The minimum Gasteiger partial charge on any atom is -0.464 e. The highest BCUT2D eigenvalue weighted by Gasteiger charge is 2.09. The second kappa shape index (κ2) is 6.01. The topological polar surface area (TPSA) is 81.3 Å². The number of methoxy groups -OCH3 is 1. The molecule has 1 aromatic carbocycles. The second-order valence-electron chi connectivity index (χ2n) is 4.37. The van der Waals surface area contributed by atoms with E-state index in [4.69, 9.17) is 5.73 Å². The van der Waals surface area contributed by atoms with Crippen molar-refractivity contribution in [2.75, 3.05) is 24.8 Å². The maximum Gasteiger partial charge on any atom is 0.358 e. The Morgan fingerprint density at radius 2 is 1.90 bits per heavy atom. The Bertz CT molecular complexity index is 581. The predicted octanol–water partition coefficient (Wildman–Crippen LogP) is 1.48. The zero-order valence-electron chi connectivity index (χ0n) is 11.4. The average molecular weight is 272 g/mol. The lowest BCUT2D eigenvalue weighted by Gasteiger charge is -2.17. The Kier molecular flexibility index (Phi) is 4.14. The first kappa shape index (κ1) is 13.8. The molecular formula is C14H16N4O2. The number of ether oxygens (including phenoxy) is 1. The summed E-state index contributed by atoms with van der Waals surface area (Å²) < 4.78 is 4.58. The van der Waals surface area contributed by atoms with Crippen LogP contribution in [-0.4, -0.2) is 30.3 Å². The summed E-state index contributed by atoms with van der Waals surface area (Å²) in [5.74, 6) is 0.180. The minimum atomic E-state index is -0.495. The van der Waals surface area contributed by atoms with E-state index in [1.54, 1.807) is 12.1 Å². The third-order valence-electron chi connectivity index (χ3n) is 2.84. The van der Waals surface area contributed by atoms with E-state index in [0.717, 1.165) is 11.3 Å². The van der Waals surface area contributed by atoms with Crippen LogP contribution in [0.25, 0.3) is 0 Å². The lowest BCUT2D eigenvalue weighted by molar-refractivity contribution is 0.0592. The number of hydrogen-bond acceptors (Lipinski definition) is 6. The molecule has 0 spiro atoms. The van der Waals surface area contributed by atoms with Crippen LogP contribution in [0.5, 0.6) is 0 Å². The molecule has 0 bridgehead atoms. The van der Waals surface area contributed by atoms with Gasteiger partial charge in [0.2, 0.25) is 0 Å². The van der Waals surface area contributed by atoms with E-state index in [9.17, 15) is 4.79 Å². The highest BCUT2D eigenvalue weighted by Crippen LogP contribution is 2.13. The van der Waals surface area contributed by atoms with E-state index in [1.165, 1.54) is 7.11 Å². The number of nitrogen functional groups attached to an aromatic ring is 1. The number of benzene rings is 1. The van der Waals surface area contributed by atoms with E-state index >= 15 is 0 Å². The summed E-state index contributed by atoms with van der Waals surface area (Å²) in [6.07, 6.45) is 0. The van der Waals surface area contributed by atoms with Gasteiger partial charge < -0.3 is 15.4 Å². The molecule has 0 aliphatic heterocycles. The van der Waals surface area contributed by atoms with Crippen LogP contribution in [0.2, 0.25) is 0 Å². The van der Waals surface area contributed by atoms with Gasteiger partial charge in [-0.2, -0.15) is 0 Å². The van der Waals surface area contributed by atoms with Crippen molar-refractivity contribution in [2.24, 2.45) is 0 Å². The van der Waals surface area contributed by atoms with E-state index in [0.29, 0.717) is 12.4 Å². The number of carbonyl (C=O) groups is 1. The number of nitrogens with two attached hydrogens (primary N) is 1. The molecule has 2 N–H and O–H groups in total. The monoisotopic (exact) mass is 272 g/mol. The van der Waals surface area contributed by atoms with Gasteiger partial charge in [0.1, 0.15) is 0 Å². The summed E-state index contributed by atoms with van der Waals surface area (Å²) in [5.41, 5.74) is 7.69. The summed E-state index contributed by atoms with van der Waals surface area (Å²) in [6, 6.07) is 11.0. The van der Waals surface area contributed by atoms with Crippen molar-refractivity contribution < 1.29 is 9.53 Å². The van der Waals surface area contributed by atoms with Crippen LogP contribution < -0.4 is 10.6 Å². The number of anilines is 2. The Morgan fingerprint density at radius 3 is 2.45 bits per heavy atom. The van der Waals surface area contributed by atoms with Crippen LogP contribution >= 0.6 is 0 Å². The standard InChI is InChI=1S/C14H16N4O2/c1-18(9-10-3-5-11(15)6-4-10)13-8-7-12(16-17-13)14(19)20-2/h3-8H,9,15H2,1-2H3. The van der Waals surface area contributed by atoms with E-state index in [-0.39, 0.29) is 5.69 Å². The van der Waals surface area contributed by atoms with Gasteiger partial charge in [-0.05, 0) is 29.8 Å². The molecule has 104 valence electrons. The molecule has 0 amide bonds. The van der Waals surface area contributed by atoms with Gasteiger partial charge in [0.25, 0.3) is 0 Å². The van der Waals surface area contributed by atoms with Gasteiger partial charge in [0, 0.05) is 19.3 Å². The van der Waals surface area contributed by atoms with Crippen molar-refractivity contribution in [3.05, 3.63) is 47.7 Å². The number of nitrogens with zero attached hydrogens (tertiary/aromatic N) is 3. The molecule has 6 nitrogen and oxygen atoms in total. The van der Waals surface area contributed by atoms with Gasteiger partial charge in [-0.15, -0.1) is 10.2 Å². The Hall–Kier alpha value is -2.63. The SMILES string of the molecule is COC(=O)c1ccc(N(C)Cc2ccc(N)cc2)nn1. The zero-order chi connectivity index (χ0) is 14.5. The maximum absolute atomic E-state index is 11.3. The smallest absolute Gasteiger partial charge is 0.358 e. The van der Waals surface area contributed by atoms with Crippen molar-refractivity contribution in [2.45, 2.75) is 6.54 Å². The van der Waals surface area contributed by atoms with Crippen LogP contribution in [-0.2, 0) is 11.3 Å². The molecule has 0 aliphatic carbocycles. The first-order valence-electron chi connectivity index (χ1n) is 6.08. The van der Waals surface area contributed by atoms with Gasteiger partial charge in [-0.3, -0.25) is 0 Å². The first-order valence-corrected chi connectivity index (χ1v) is 6.08. The van der Waals surface area contributed by atoms with Crippen LogP contribution in [0, 0.1) is 0 Å². The molecule has 0 saturated heterocycles. The van der Waals surface area contributed by atoms with E-state index in [2.05, 4.69) is 14.9 Å². The highest BCUT2D eigenvalue weighted by molar-refractivity contribution is 5.86. The van der Waals surface area contributed by atoms with Crippen molar-refractivity contribution >= 4 is 17.5 Å². The third-order valence-corrected chi connectivity index (χ3v) is 2.84. The van der Waals surface area contributed by atoms with Crippen molar-refractivity contribution in [3.63, 3.8) is 0 Å². The Labute approximate surface area is 117 Å². The molecule has 2 aromatic rings. The van der Waals surface area contributed by atoms with Crippen LogP contribution in [0.15, 0.2) is 36.4 Å². The van der Waals surface area contributed by atoms with Gasteiger partial charge in [0.15, 0.2) is 11.5 Å². The number of rotatable bonds is 4. The van der Waals surface area contributed by atoms with Crippen LogP contribution in [0.4, 0.5) is 11.5 Å². The molecule has 0 atom stereocenters. The molecule has 20 heavy (non-hydrogen) atoms. The van der Waals surface area contributed by atoms with Gasteiger partial charge in [-0.25, -0.2) is 4.79 Å². The number of esters is 1. The van der Waals surface area contributed by atoms with E-state index in [1.807, 2.05) is 36.2 Å². The molecule has 0 saturated carbocycles. The quantitative estimate of drug-likeness (QED) is 0.670. The van der Waals surface area contributed by atoms with Crippen LogP contribution in [0.3, 0.4) is 0 Å². The van der Waals surface area contributed by atoms with Crippen molar-refractivity contribution in [1.82, 2.24) is 10.2 Å². The number of carbonyl (C=O) groups excluding carboxylic acids is 1. The minimum absolute atomic E-state index is 0.192. The summed E-state index contributed by atoms with van der Waals surface area (Å²) >= 11 is 0. The maximum atomic E-state index is 11.3. The fourth-order valence-electron chi connectivity index (χ4n) is 1.72. The molecule has 0 aliphatic rings. The average Bonchev–Trinajstić information content (AvgIpc) is 2.49. The molecule has 0 fully saturated rings. The summed E-state index contributed by atoms with van der Waals surface area (Å²) in [4.78, 5) is 13.2. The summed E-state index contributed by atoms with van der Waals surface area (Å²) in [5, 5.41) is 7.85.